The molecular formula is C50H32N2S. The molecule has 2 heterocycles. The van der Waals surface area contributed by atoms with Gasteiger partial charge in [-0.3, -0.25) is 0 Å². The van der Waals surface area contributed by atoms with Gasteiger partial charge in [-0.15, -0.1) is 11.3 Å². The van der Waals surface area contributed by atoms with Gasteiger partial charge in [-0.25, -0.2) is 9.97 Å². The first-order valence-corrected chi connectivity index (χ1v) is 18.7. The van der Waals surface area contributed by atoms with Crippen LogP contribution in [0.1, 0.15) is 0 Å². The van der Waals surface area contributed by atoms with Crippen LogP contribution in [0, 0.1) is 0 Å². The molecule has 0 saturated heterocycles. The van der Waals surface area contributed by atoms with Crippen LogP contribution in [0.15, 0.2) is 194 Å². The minimum Gasteiger partial charge on any atom is -0.228 e. The third-order valence-electron chi connectivity index (χ3n) is 10.1. The molecule has 0 unspecified atom stereocenters. The van der Waals surface area contributed by atoms with Gasteiger partial charge in [-0.1, -0.05) is 158 Å². The Morgan fingerprint density at radius 1 is 0.302 bits per heavy atom. The molecule has 0 aliphatic rings. The second-order valence-electron chi connectivity index (χ2n) is 13.4. The average Bonchev–Trinajstić information content (AvgIpc) is 3.62. The fourth-order valence-electron chi connectivity index (χ4n) is 7.40. The van der Waals surface area contributed by atoms with Crippen LogP contribution >= 0.6 is 11.3 Å². The van der Waals surface area contributed by atoms with E-state index in [1.807, 2.05) is 17.4 Å². The molecule has 2 aromatic heterocycles. The molecule has 53 heavy (non-hydrogen) atoms. The first-order valence-electron chi connectivity index (χ1n) is 17.9. The van der Waals surface area contributed by atoms with E-state index < -0.39 is 0 Å². The summed E-state index contributed by atoms with van der Waals surface area (Å²) in [5.41, 5.74) is 11.9. The van der Waals surface area contributed by atoms with Crippen molar-refractivity contribution in [1.82, 2.24) is 9.97 Å². The second-order valence-corrected chi connectivity index (χ2v) is 14.5. The van der Waals surface area contributed by atoms with Crippen LogP contribution in [-0.4, -0.2) is 9.97 Å². The number of hydrogen-bond acceptors (Lipinski definition) is 3. The molecule has 8 aromatic carbocycles. The van der Waals surface area contributed by atoms with Crippen molar-refractivity contribution >= 4 is 42.3 Å². The number of nitrogens with zero attached hydrogens (tertiary/aromatic N) is 2. The second kappa shape index (κ2) is 13.1. The zero-order chi connectivity index (χ0) is 35.1. The molecule has 0 atom stereocenters. The zero-order valence-corrected chi connectivity index (χ0v) is 29.6. The van der Waals surface area contributed by atoms with Crippen molar-refractivity contribution in [3.63, 3.8) is 0 Å². The van der Waals surface area contributed by atoms with Gasteiger partial charge in [0.1, 0.15) is 0 Å². The van der Waals surface area contributed by atoms with E-state index in [9.17, 15) is 0 Å². The highest BCUT2D eigenvalue weighted by Gasteiger charge is 2.15. The van der Waals surface area contributed by atoms with E-state index in [1.54, 1.807) is 0 Å². The molecular weight excluding hydrogens is 661 g/mol. The van der Waals surface area contributed by atoms with Gasteiger partial charge in [-0.2, -0.15) is 0 Å². The number of hydrogen-bond donors (Lipinski definition) is 0. The first-order chi connectivity index (χ1) is 26.2. The Balaban J connectivity index is 1.13. The molecule has 248 valence electrons. The van der Waals surface area contributed by atoms with Crippen LogP contribution < -0.4 is 0 Å². The largest absolute Gasteiger partial charge is 0.228 e. The van der Waals surface area contributed by atoms with E-state index in [2.05, 4.69) is 188 Å². The molecule has 0 aliphatic heterocycles. The Morgan fingerprint density at radius 2 is 0.868 bits per heavy atom. The summed E-state index contributed by atoms with van der Waals surface area (Å²) in [4.78, 5) is 10.4. The predicted octanol–water partition coefficient (Wildman–Crippen LogP) is 14.0. The highest BCUT2D eigenvalue weighted by molar-refractivity contribution is 7.25. The molecule has 0 aliphatic carbocycles. The molecule has 10 rings (SSSR count). The molecule has 0 N–H and O–H groups in total. The van der Waals surface area contributed by atoms with Crippen LogP contribution in [0.3, 0.4) is 0 Å². The van der Waals surface area contributed by atoms with Gasteiger partial charge in [0.15, 0.2) is 5.82 Å². The van der Waals surface area contributed by atoms with Crippen LogP contribution in [-0.2, 0) is 0 Å². The molecule has 0 fully saturated rings. The number of thiophene rings is 1. The fraction of sp³-hybridized carbons (Fsp3) is 0. The Hall–Kier alpha value is -6.68. The standard InChI is InChI=1S/C50H32N2S/c1-3-12-33(13-4-1)39-28-40(38-26-27-45-44-19-9-10-21-48(44)53-49(45)31-38)30-41(29-39)47-32-46(36-15-5-2-6-16-36)51-50(52-47)37-24-22-35(23-25-37)43-20-11-17-34-14-7-8-18-42(34)43/h1-32H. The smallest absolute Gasteiger partial charge is 0.160 e. The Kier molecular flexibility index (Phi) is 7.71. The van der Waals surface area contributed by atoms with E-state index in [-0.39, 0.29) is 0 Å². The topological polar surface area (TPSA) is 25.8 Å². The summed E-state index contributed by atoms with van der Waals surface area (Å²) in [6.45, 7) is 0. The minimum atomic E-state index is 0.698. The number of benzene rings is 8. The molecule has 3 heteroatoms. The summed E-state index contributed by atoms with van der Waals surface area (Å²) in [7, 11) is 0. The van der Waals surface area contributed by atoms with Gasteiger partial charge in [0.2, 0.25) is 0 Å². The molecule has 0 bridgehead atoms. The lowest BCUT2D eigenvalue weighted by Crippen LogP contribution is -1.96. The van der Waals surface area contributed by atoms with Crippen molar-refractivity contribution in [3.05, 3.63) is 194 Å². The lowest BCUT2D eigenvalue weighted by Gasteiger charge is -2.14. The maximum atomic E-state index is 5.29. The van der Waals surface area contributed by atoms with Crippen LogP contribution in [0.4, 0.5) is 0 Å². The molecule has 0 saturated carbocycles. The lowest BCUT2D eigenvalue weighted by molar-refractivity contribution is 1.18. The van der Waals surface area contributed by atoms with Gasteiger partial charge in [-0.05, 0) is 80.6 Å². The highest BCUT2D eigenvalue weighted by atomic mass is 32.1. The summed E-state index contributed by atoms with van der Waals surface area (Å²) in [6.07, 6.45) is 0. The summed E-state index contributed by atoms with van der Waals surface area (Å²) >= 11 is 1.85. The number of fused-ring (bicyclic) bond motifs is 4. The maximum Gasteiger partial charge on any atom is 0.160 e. The van der Waals surface area contributed by atoms with Crippen molar-refractivity contribution in [1.29, 1.82) is 0 Å². The zero-order valence-electron chi connectivity index (χ0n) is 28.8. The maximum absolute atomic E-state index is 5.29. The third kappa shape index (κ3) is 5.87. The predicted molar refractivity (Wildman–Crippen MR) is 225 cm³/mol. The monoisotopic (exact) mass is 692 g/mol. The van der Waals surface area contributed by atoms with Crippen LogP contribution in [0.5, 0.6) is 0 Å². The van der Waals surface area contributed by atoms with Crippen molar-refractivity contribution in [3.8, 4) is 67.3 Å². The summed E-state index contributed by atoms with van der Waals surface area (Å²) in [6, 6.07) is 69.3. The third-order valence-corrected chi connectivity index (χ3v) is 11.2. The van der Waals surface area contributed by atoms with Crippen molar-refractivity contribution in [2.24, 2.45) is 0 Å². The average molecular weight is 693 g/mol. The van der Waals surface area contributed by atoms with E-state index >= 15 is 0 Å². The Morgan fingerprint density at radius 3 is 1.66 bits per heavy atom. The molecule has 0 amide bonds. The van der Waals surface area contributed by atoms with Crippen LogP contribution in [0.25, 0.3) is 98.2 Å². The quantitative estimate of drug-likeness (QED) is 0.173. The summed E-state index contributed by atoms with van der Waals surface area (Å²) in [5, 5.41) is 5.09. The van der Waals surface area contributed by atoms with Gasteiger partial charge in [0.25, 0.3) is 0 Å². The van der Waals surface area contributed by atoms with Crippen molar-refractivity contribution < 1.29 is 0 Å². The van der Waals surface area contributed by atoms with E-state index in [0.29, 0.717) is 5.82 Å². The molecule has 0 spiro atoms. The summed E-state index contributed by atoms with van der Waals surface area (Å²) in [5.74, 6) is 0.698. The van der Waals surface area contributed by atoms with E-state index in [0.717, 1.165) is 39.2 Å². The number of aromatic nitrogens is 2. The molecule has 10 aromatic rings. The van der Waals surface area contributed by atoms with Crippen molar-refractivity contribution in [2.45, 2.75) is 0 Å². The van der Waals surface area contributed by atoms with Crippen molar-refractivity contribution in [2.75, 3.05) is 0 Å². The fourth-order valence-corrected chi connectivity index (χ4v) is 8.55. The molecule has 0 radical (unpaired) electrons. The summed E-state index contributed by atoms with van der Waals surface area (Å²) < 4.78 is 2.60. The van der Waals surface area contributed by atoms with Crippen LogP contribution in [0.2, 0.25) is 0 Å². The van der Waals surface area contributed by atoms with E-state index in [4.69, 9.17) is 9.97 Å². The molecule has 2 nitrogen and oxygen atoms in total. The van der Waals surface area contributed by atoms with Gasteiger partial charge in [0.05, 0.1) is 11.4 Å². The van der Waals surface area contributed by atoms with E-state index in [1.165, 1.54) is 53.2 Å². The van der Waals surface area contributed by atoms with Gasteiger partial charge >= 0.3 is 0 Å². The van der Waals surface area contributed by atoms with Gasteiger partial charge in [0, 0.05) is 36.9 Å². The Bertz CT molecular complexity index is 2920. The number of rotatable bonds is 6. The van der Waals surface area contributed by atoms with Gasteiger partial charge < -0.3 is 0 Å². The first kappa shape index (κ1) is 31.1. The SMILES string of the molecule is c1ccc(-c2cc(-c3ccc4c(c3)sc3ccccc34)cc(-c3cc(-c4ccccc4)nc(-c4ccc(-c5cccc6ccccc56)cc4)n3)c2)cc1. The normalized spacial score (nSPS) is 11.4. The Labute approximate surface area is 312 Å². The minimum absolute atomic E-state index is 0.698. The lowest BCUT2D eigenvalue weighted by atomic mass is 9.94. The highest BCUT2D eigenvalue weighted by Crippen LogP contribution is 2.39.